The Labute approximate surface area is 220 Å². The number of rotatable bonds is 9. The summed E-state index contributed by atoms with van der Waals surface area (Å²) in [6.45, 7) is -1.36. The van der Waals surface area contributed by atoms with Crippen molar-refractivity contribution in [2.24, 2.45) is 0 Å². The van der Waals surface area contributed by atoms with Crippen molar-refractivity contribution >= 4 is 22.3 Å². The van der Waals surface area contributed by atoms with Gasteiger partial charge in [-0.05, 0) is 43.4 Å². The van der Waals surface area contributed by atoms with Crippen LogP contribution in [0.3, 0.4) is 0 Å². The van der Waals surface area contributed by atoms with Crippen LogP contribution in [0.4, 0.5) is 37.8 Å². The van der Waals surface area contributed by atoms with Gasteiger partial charge in [0.25, 0.3) is 11.1 Å². The molecule has 3 heterocycles. The molecule has 4 aromatic rings. The van der Waals surface area contributed by atoms with Crippen LogP contribution in [0.1, 0.15) is 25.3 Å². The van der Waals surface area contributed by atoms with Gasteiger partial charge < -0.3 is 20.4 Å². The maximum atomic E-state index is 14.9. The molecule has 212 valence electrons. The number of benzene rings is 1. The van der Waals surface area contributed by atoms with E-state index in [0.717, 1.165) is 18.5 Å². The van der Waals surface area contributed by atoms with E-state index in [2.05, 4.69) is 25.1 Å². The highest BCUT2D eigenvalue weighted by Gasteiger charge is 2.37. The number of ether oxygens (including phenoxy) is 1. The predicted molar refractivity (Wildman–Crippen MR) is 132 cm³/mol. The second kappa shape index (κ2) is 11.2. The Kier molecular flexibility index (Phi) is 7.97. The standard InChI is InChI=1S/C24H21F6N7O3/c1-11(34-16-9-33-36-21(38)18(16)24(28,29)30)3-2-5-37-6-4-12-7-14(15(25)8-13(12)22(37)39)20-32-10-17(19(31)35-20)40-23(26)27/h4,6-11,23H,2-3,5H2,1H3,(H2,31,32,35)(H2,34,36,38). The number of anilines is 2. The third-order valence-electron chi connectivity index (χ3n) is 5.88. The minimum absolute atomic E-state index is 0.0463. The maximum Gasteiger partial charge on any atom is 0.423 e. The van der Waals surface area contributed by atoms with Gasteiger partial charge >= 0.3 is 12.8 Å². The lowest BCUT2D eigenvalue weighted by atomic mass is 10.1. The summed E-state index contributed by atoms with van der Waals surface area (Å²) in [5, 5.41) is 8.19. The molecule has 1 atom stereocenters. The molecule has 1 aromatic carbocycles. The number of nitrogen functional groups attached to an aromatic ring is 1. The lowest BCUT2D eigenvalue weighted by Gasteiger charge is -2.18. The number of fused-ring (bicyclic) bond motifs is 1. The van der Waals surface area contributed by atoms with Gasteiger partial charge in [-0.2, -0.15) is 27.1 Å². The van der Waals surface area contributed by atoms with Gasteiger partial charge in [-0.25, -0.2) is 19.5 Å². The number of aryl methyl sites for hydroxylation is 1. The Morgan fingerprint density at radius 1 is 1.20 bits per heavy atom. The molecule has 1 unspecified atom stereocenters. The van der Waals surface area contributed by atoms with Crippen LogP contribution in [0.15, 0.2) is 46.4 Å². The minimum atomic E-state index is -4.88. The number of aromatic nitrogens is 5. The highest BCUT2D eigenvalue weighted by atomic mass is 19.4. The minimum Gasteiger partial charge on any atom is -0.429 e. The zero-order valence-corrected chi connectivity index (χ0v) is 20.6. The van der Waals surface area contributed by atoms with E-state index in [1.54, 1.807) is 18.1 Å². The first-order valence-electron chi connectivity index (χ1n) is 11.7. The Bertz CT molecular complexity index is 1660. The lowest BCUT2D eigenvalue weighted by Crippen LogP contribution is -2.27. The van der Waals surface area contributed by atoms with Gasteiger partial charge in [0.15, 0.2) is 17.4 Å². The summed E-state index contributed by atoms with van der Waals surface area (Å²) >= 11 is 0. The van der Waals surface area contributed by atoms with Crippen molar-refractivity contribution in [3.63, 3.8) is 0 Å². The highest BCUT2D eigenvalue weighted by Crippen LogP contribution is 2.32. The number of nitrogens with two attached hydrogens (primary N) is 1. The quantitative estimate of drug-likeness (QED) is 0.255. The summed E-state index contributed by atoms with van der Waals surface area (Å²) in [6.07, 6.45) is -0.956. The number of nitrogens with one attached hydrogen (secondary N) is 2. The number of pyridine rings is 1. The van der Waals surface area contributed by atoms with E-state index in [0.29, 0.717) is 18.2 Å². The van der Waals surface area contributed by atoms with E-state index >= 15 is 0 Å². The van der Waals surface area contributed by atoms with Gasteiger partial charge in [0.05, 0.1) is 29.0 Å². The molecular weight excluding hydrogens is 548 g/mol. The Balaban J connectivity index is 1.48. The van der Waals surface area contributed by atoms with Crippen LogP contribution >= 0.6 is 0 Å². The monoisotopic (exact) mass is 569 g/mol. The summed E-state index contributed by atoms with van der Waals surface area (Å²) in [5.74, 6) is -1.95. The first kappa shape index (κ1) is 28.4. The van der Waals surface area contributed by atoms with E-state index in [9.17, 15) is 35.9 Å². The van der Waals surface area contributed by atoms with Crippen molar-refractivity contribution in [1.29, 1.82) is 0 Å². The van der Waals surface area contributed by atoms with Crippen LogP contribution in [-0.2, 0) is 12.7 Å². The molecule has 0 radical (unpaired) electrons. The molecule has 0 amide bonds. The molecular formula is C24H21F6N7O3. The van der Waals surface area contributed by atoms with Crippen molar-refractivity contribution < 1.29 is 31.1 Å². The van der Waals surface area contributed by atoms with Gasteiger partial charge in [-0.1, -0.05) is 0 Å². The van der Waals surface area contributed by atoms with Gasteiger partial charge in [0, 0.05) is 18.8 Å². The third kappa shape index (κ3) is 6.16. The summed E-state index contributed by atoms with van der Waals surface area (Å²) in [4.78, 5) is 32.2. The molecule has 0 bridgehead atoms. The van der Waals surface area contributed by atoms with Gasteiger partial charge in [-0.15, -0.1) is 0 Å². The molecule has 40 heavy (non-hydrogen) atoms. The second-order valence-electron chi connectivity index (χ2n) is 8.73. The van der Waals surface area contributed by atoms with E-state index in [4.69, 9.17) is 5.73 Å². The van der Waals surface area contributed by atoms with Gasteiger partial charge in [0.1, 0.15) is 11.4 Å². The summed E-state index contributed by atoms with van der Waals surface area (Å²) in [6, 6.07) is 3.36. The fraction of sp³-hybridized carbons (Fsp3) is 0.292. The van der Waals surface area contributed by atoms with Crippen LogP contribution in [0.2, 0.25) is 0 Å². The average Bonchev–Trinajstić information content (AvgIpc) is 2.86. The van der Waals surface area contributed by atoms with E-state index in [1.807, 2.05) is 0 Å². The number of H-pyrrole nitrogens is 1. The molecule has 0 fully saturated rings. The largest absolute Gasteiger partial charge is 0.429 e. The number of halogens is 6. The third-order valence-corrected chi connectivity index (χ3v) is 5.88. The molecule has 0 saturated heterocycles. The highest BCUT2D eigenvalue weighted by molar-refractivity contribution is 5.86. The molecule has 0 spiro atoms. The number of hydrogen-bond acceptors (Lipinski definition) is 8. The van der Waals surface area contributed by atoms with Crippen molar-refractivity contribution in [1.82, 2.24) is 24.7 Å². The lowest BCUT2D eigenvalue weighted by molar-refractivity contribution is -0.138. The zero-order chi connectivity index (χ0) is 29.2. The van der Waals surface area contributed by atoms with Crippen molar-refractivity contribution in [3.05, 3.63) is 68.9 Å². The molecule has 10 nitrogen and oxygen atoms in total. The number of aromatic amines is 1. The SMILES string of the molecule is CC(CCCn1ccc2cc(-c3ncc(OC(F)F)c(N)n3)c(F)cc2c1=O)Nc1cn[nH]c(=O)c1C(F)(F)F. The molecule has 16 heteroatoms. The van der Waals surface area contributed by atoms with Gasteiger partial charge in [-0.3, -0.25) is 9.59 Å². The number of alkyl halides is 5. The van der Waals surface area contributed by atoms with E-state index < -0.39 is 58.6 Å². The zero-order valence-electron chi connectivity index (χ0n) is 20.6. The van der Waals surface area contributed by atoms with Crippen LogP contribution in [-0.4, -0.2) is 37.4 Å². The first-order valence-corrected chi connectivity index (χ1v) is 11.7. The van der Waals surface area contributed by atoms with Gasteiger partial charge in [0.2, 0.25) is 0 Å². The average molecular weight is 569 g/mol. The summed E-state index contributed by atoms with van der Waals surface area (Å²) in [5.41, 5.74) is 1.76. The Morgan fingerprint density at radius 3 is 2.62 bits per heavy atom. The van der Waals surface area contributed by atoms with Crippen LogP contribution in [0.25, 0.3) is 22.2 Å². The fourth-order valence-corrected chi connectivity index (χ4v) is 4.05. The smallest absolute Gasteiger partial charge is 0.423 e. The molecule has 4 rings (SSSR count). The molecule has 4 N–H and O–H groups in total. The van der Waals surface area contributed by atoms with Crippen molar-refractivity contribution in [2.75, 3.05) is 11.1 Å². The summed E-state index contributed by atoms with van der Waals surface area (Å²) < 4.78 is 85.0. The Hall–Kier alpha value is -4.63. The Morgan fingerprint density at radius 2 is 1.95 bits per heavy atom. The van der Waals surface area contributed by atoms with Crippen LogP contribution < -0.4 is 26.9 Å². The fourth-order valence-electron chi connectivity index (χ4n) is 4.05. The molecule has 0 aliphatic heterocycles. The topological polar surface area (TPSA) is 141 Å². The summed E-state index contributed by atoms with van der Waals surface area (Å²) in [7, 11) is 0. The molecule has 0 aliphatic rings. The molecule has 0 aliphatic carbocycles. The van der Waals surface area contributed by atoms with Crippen LogP contribution in [0, 0.1) is 5.82 Å². The van der Waals surface area contributed by atoms with Crippen molar-refractivity contribution in [3.8, 4) is 17.1 Å². The molecule has 0 saturated carbocycles. The number of hydrogen-bond donors (Lipinski definition) is 3. The second-order valence-corrected chi connectivity index (χ2v) is 8.73. The number of nitrogens with zero attached hydrogens (tertiary/aromatic N) is 4. The normalized spacial score (nSPS) is 12.6. The van der Waals surface area contributed by atoms with Crippen LogP contribution in [0.5, 0.6) is 5.75 Å². The first-order chi connectivity index (χ1) is 18.8. The van der Waals surface area contributed by atoms with E-state index in [1.165, 1.54) is 16.8 Å². The van der Waals surface area contributed by atoms with Crippen molar-refractivity contribution in [2.45, 2.75) is 45.1 Å². The van der Waals surface area contributed by atoms with E-state index in [-0.39, 0.29) is 23.3 Å². The predicted octanol–water partition coefficient (Wildman–Crippen LogP) is 4.16. The maximum absolute atomic E-state index is 14.9. The molecule has 3 aromatic heterocycles.